The van der Waals surface area contributed by atoms with E-state index < -0.39 is 0 Å². The highest BCUT2D eigenvalue weighted by molar-refractivity contribution is 5.94. The van der Waals surface area contributed by atoms with Crippen LogP contribution in [0.25, 0.3) is 0 Å². The van der Waals surface area contributed by atoms with Crippen LogP contribution in [-0.2, 0) is 4.79 Å². The van der Waals surface area contributed by atoms with Gasteiger partial charge >= 0.3 is 0 Å². The second-order valence-corrected chi connectivity index (χ2v) is 4.81. The van der Waals surface area contributed by atoms with Crippen LogP contribution in [0.1, 0.15) is 26.2 Å². The van der Waals surface area contributed by atoms with E-state index in [0.717, 1.165) is 25.3 Å². The minimum Gasteiger partial charge on any atom is -0.312 e. The number of para-hydroxylation sites is 1. The lowest BCUT2D eigenvalue weighted by molar-refractivity contribution is -0.119. The maximum Gasteiger partial charge on any atom is 0.241 e. The van der Waals surface area contributed by atoms with Crippen LogP contribution >= 0.6 is 0 Å². The fourth-order valence-corrected chi connectivity index (χ4v) is 2.51. The molecule has 1 aromatic rings. The Kier molecular flexibility index (Phi) is 4.76. The molecular formula is C15H22N2O. The Morgan fingerprint density at radius 2 is 1.83 bits per heavy atom. The van der Waals surface area contributed by atoms with E-state index in [0.29, 0.717) is 6.54 Å². The smallest absolute Gasteiger partial charge is 0.241 e. The Bertz CT molecular complexity index is 371. The maximum atomic E-state index is 12.3. The predicted molar refractivity (Wildman–Crippen MR) is 74.8 cm³/mol. The number of nitrogens with zero attached hydrogens (tertiary/aromatic N) is 2. The Balaban J connectivity index is 1.97. The number of likely N-dealkylation sites (N-methyl/N-ethyl adjacent to an activating group) is 1. The number of amides is 1. The van der Waals surface area contributed by atoms with Crippen LogP contribution in [0.15, 0.2) is 30.3 Å². The summed E-state index contributed by atoms with van der Waals surface area (Å²) in [5.74, 6) is 0.214. The van der Waals surface area contributed by atoms with Crippen molar-refractivity contribution in [3.63, 3.8) is 0 Å². The van der Waals surface area contributed by atoms with Gasteiger partial charge in [0.15, 0.2) is 0 Å². The first-order valence-corrected chi connectivity index (χ1v) is 6.89. The van der Waals surface area contributed by atoms with E-state index in [-0.39, 0.29) is 5.91 Å². The topological polar surface area (TPSA) is 23.6 Å². The molecule has 1 saturated heterocycles. The average molecular weight is 246 g/mol. The van der Waals surface area contributed by atoms with Crippen LogP contribution < -0.4 is 4.90 Å². The van der Waals surface area contributed by atoms with Crippen LogP contribution in [0.2, 0.25) is 0 Å². The zero-order valence-electron chi connectivity index (χ0n) is 11.1. The molecule has 0 spiro atoms. The lowest BCUT2D eigenvalue weighted by Gasteiger charge is -2.29. The molecule has 18 heavy (non-hydrogen) atoms. The van der Waals surface area contributed by atoms with Gasteiger partial charge in [-0.15, -0.1) is 0 Å². The minimum absolute atomic E-state index is 0.214. The van der Waals surface area contributed by atoms with Gasteiger partial charge in [0.2, 0.25) is 5.91 Å². The van der Waals surface area contributed by atoms with Crippen molar-refractivity contribution in [3.8, 4) is 0 Å². The van der Waals surface area contributed by atoms with Crippen molar-refractivity contribution in [2.75, 3.05) is 31.1 Å². The highest BCUT2D eigenvalue weighted by Gasteiger charge is 2.18. The average Bonchev–Trinajstić information content (AvgIpc) is 2.42. The monoisotopic (exact) mass is 246 g/mol. The lowest BCUT2D eigenvalue weighted by Crippen LogP contribution is -2.42. The molecule has 0 bridgehead atoms. The van der Waals surface area contributed by atoms with Gasteiger partial charge in [-0.05, 0) is 45.0 Å². The first kappa shape index (κ1) is 13.1. The van der Waals surface area contributed by atoms with E-state index in [1.807, 2.05) is 42.2 Å². The van der Waals surface area contributed by atoms with Crippen molar-refractivity contribution < 1.29 is 4.79 Å². The summed E-state index contributed by atoms with van der Waals surface area (Å²) < 4.78 is 0. The number of likely N-dealkylation sites (tertiary alicyclic amines) is 1. The second kappa shape index (κ2) is 6.55. The summed E-state index contributed by atoms with van der Waals surface area (Å²) >= 11 is 0. The zero-order valence-corrected chi connectivity index (χ0v) is 11.1. The van der Waals surface area contributed by atoms with Gasteiger partial charge in [0, 0.05) is 12.2 Å². The van der Waals surface area contributed by atoms with E-state index in [9.17, 15) is 4.79 Å². The lowest BCUT2D eigenvalue weighted by atomic mass is 10.1. The molecule has 1 aliphatic rings. The SMILES string of the molecule is CCN(C(=O)CN1CCCCC1)c1ccccc1. The fourth-order valence-electron chi connectivity index (χ4n) is 2.51. The molecule has 0 radical (unpaired) electrons. The number of anilines is 1. The predicted octanol–water partition coefficient (Wildman–Crippen LogP) is 2.53. The molecule has 0 aliphatic carbocycles. The molecule has 0 aromatic heterocycles. The van der Waals surface area contributed by atoms with Gasteiger partial charge in [0.05, 0.1) is 6.54 Å². The van der Waals surface area contributed by atoms with Gasteiger partial charge in [-0.3, -0.25) is 9.69 Å². The summed E-state index contributed by atoms with van der Waals surface area (Å²) in [5.41, 5.74) is 1.00. The van der Waals surface area contributed by atoms with Crippen molar-refractivity contribution in [3.05, 3.63) is 30.3 Å². The summed E-state index contributed by atoms with van der Waals surface area (Å²) in [6.07, 6.45) is 3.76. The van der Waals surface area contributed by atoms with Crippen LogP contribution in [0, 0.1) is 0 Å². The second-order valence-electron chi connectivity index (χ2n) is 4.81. The molecule has 3 heteroatoms. The fraction of sp³-hybridized carbons (Fsp3) is 0.533. The first-order chi connectivity index (χ1) is 8.81. The molecule has 0 unspecified atom stereocenters. The molecule has 2 rings (SSSR count). The zero-order chi connectivity index (χ0) is 12.8. The number of benzene rings is 1. The first-order valence-electron chi connectivity index (χ1n) is 6.89. The molecule has 98 valence electrons. The third-order valence-corrected chi connectivity index (χ3v) is 3.49. The molecule has 1 heterocycles. The van der Waals surface area contributed by atoms with Crippen LogP contribution in [0.5, 0.6) is 0 Å². The molecule has 1 fully saturated rings. The molecule has 3 nitrogen and oxygen atoms in total. The maximum absolute atomic E-state index is 12.3. The molecule has 0 atom stereocenters. The normalized spacial score (nSPS) is 16.5. The molecule has 1 amide bonds. The van der Waals surface area contributed by atoms with Gasteiger partial charge < -0.3 is 4.90 Å². The highest BCUT2D eigenvalue weighted by atomic mass is 16.2. The number of carbonyl (C=O) groups is 1. The van der Waals surface area contributed by atoms with E-state index >= 15 is 0 Å². The van der Waals surface area contributed by atoms with Crippen LogP contribution in [0.3, 0.4) is 0 Å². The number of piperidine rings is 1. The molecule has 0 N–H and O–H groups in total. The summed E-state index contributed by atoms with van der Waals surface area (Å²) in [7, 11) is 0. The summed E-state index contributed by atoms with van der Waals surface area (Å²) in [6, 6.07) is 9.93. The largest absolute Gasteiger partial charge is 0.312 e. The Hall–Kier alpha value is -1.35. The molecule has 1 aliphatic heterocycles. The summed E-state index contributed by atoms with van der Waals surface area (Å²) in [4.78, 5) is 16.5. The van der Waals surface area contributed by atoms with E-state index in [4.69, 9.17) is 0 Å². The number of rotatable bonds is 4. The van der Waals surface area contributed by atoms with Crippen molar-refractivity contribution in [2.24, 2.45) is 0 Å². The van der Waals surface area contributed by atoms with E-state index in [1.54, 1.807) is 0 Å². The molecule has 0 saturated carbocycles. The standard InChI is InChI=1S/C15H22N2O/c1-2-17(14-9-5-3-6-10-14)15(18)13-16-11-7-4-8-12-16/h3,5-6,9-10H,2,4,7-8,11-13H2,1H3. The van der Waals surface area contributed by atoms with Crippen LogP contribution in [-0.4, -0.2) is 37.0 Å². The van der Waals surface area contributed by atoms with Gasteiger partial charge in [-0.1, -0.05) is 24.6 Å². The van der Waals surface area contributed by atoms with Gasteiger partial charge in [0.25, 0.3) is 0 Å². The van der Waals surface area contributed by atoms with Crippen molar-refractivity contribution in [1.29, 1.82) is 0 Å². The Morgan fingerprint density at radius 1 is 1.17 bits per heavy atom. The van der Waals surface area contributed by atoms with Crippen molar-refractivity contribution >= 4 is 11.6 Å². The Labute approximate surface area is 109 Å². The third-order valence-electron chi connectivity index (χ3n) is 3.49. The Morgan fingerprint density at radius 3 is 2.44 bits per heavy atom. The number of carbonyl (C=O) groups excluding carboxylic acids is 1. The quantitative estimate of drug-likeness (QED) is 0.815. The molecular weight excluding hydrogens is 224 g/mol. The minimum atomic E-state index is 0.214. The summed E-state index contributed by atoms with van der Waals surface area (Å²) in [6.45, 7) is 5.46. The van der Waals surface area contributed by atoms with Crippen molar-refractivity contribution in [2.45, 2.75) is 26.2 Å². The van der Waals surface area contributed by atoms with Gasteiger partial charge in [0.1, 0.15) is 0 Å². The van der Waals surface area contributed by atoms with Gasteiger partial charge in [-0.2, -0.15) is 0 Å². The number of hydrogen-bond acceptors (Lipinski definition) is 2. The van der Waals surface area contributed by atoms with E-state index in [1.165, 1.54) is 19.3 Å². The number of hydrogen-bond donors (Lipinski definition) is 0. The van der Waals surface area contributed by atoms with Crippen LogP contribution in [0.4, 0.5) is 5.69 Å². The summed E-state index contributed by atoms with van der Waals surface area (Å²) in [5, 5.41) is 0. The van der Waals surface area contributed by atoms with Gasteiger partial charge in [-0.25, -0.2) is 0 Å². The highest BCUT2D eigenvalue weighted by Crippen LogP contribution is 2.14. The van der Waals surface area contributed by atoms with Crippen molar-refractivity contribution in [1.82, 2.24) is 4.90 Å². The molecule has 1 aromatic carbocycles. The third kappa shape index (κ3) is 3.33. The van der Waals surface area contributed by atoms with E-state index in [2.05, 4.69) is 4.90 Å².